The third-order valence-electron chi connectivity index (χ3n) is 5.17. The molecular formula is C21H37N5O2. The lowest BCUT2D eigenvalue weighted by Gasteiger charge is -2.35. The molecule has 7 heteroatoms. The van der Waals surface area contributed by atoms with Crippen molar-refractivity contribution in [3.63, 3.8) is 0 Å². The largest absolute Gasteiger partial charge is 0.493 e. The van der Waals surface area contributed by atoms with Gasteiger partial charge < -0.3 is 25.0 Å². The van der Waals surface area contributed by atoms with Crippen molar-refractivity contribution in [2.45, 2.75) is 26.3 Å². The van der Waals surface area contributed by atoms with E-state index in [2.05, 4.69) is 47.4 Å². The van der Waals surface area contributed by atoms with Crippen molar-refractivity contribution in [1.82, 2.24) is 20.4 Å². The van der Waals surface area contributed by atoms with Gasteiger partial charge in [-0.1, -0.05) is 6.07 Å². The minimum absolute atomic E-state index is 0.454. The lowest BCUT2D eigenvalue weighted by atomic mass is 10.1. The number of methoxy groups -OCH3 is 2. The zero-order valence-electron chi connectivity index (χ0n) is 18.1. The van der Waals surface area contributed by atoms with E-state index in [1.165, 1.54) is 5.56 Å². The summed E-state index contributed by atoms with van der Waals surface area (Å²) in [6.07, 6.45) is 0.888. The summed E-state index contributed by atoms with van der Waals surface area (Å²) in [4.78, 5) is 9.70. The van der Waals surface area contributed by atoms with Gasteiger partial charge in [0.15, 0.2) is 17.5 Å². The monoisotopic (exact) mass is 391 g/mol. The Labute approximate surface area is 170 Å². The van der Waals surface area contributed by atoms with Gasteiger partial charge in [0.2, 0.25) is 0 Å². The Kier molecular flexibility index (Phi) is 9.37. The fourth-order valence-electron chi connectivity index (χ4n) is 3.30. The van der Waals surface area contributed by atoms with Crippen molar-refractivity contribution in [2.75, 3.05) is 67.1 Å². The summed E-state index contributed by atoms with van der Waals surface area (Å²) >= 11 is 0. The number of aliphatic imine (C=N–C) groups is 1. The fourth-order valence-corrected chi connectivity index (χ4v) is 3.30. The first-order valence-electron chi connectivity index (χ1n) is 10.2. The highest BCUT2D eigenvalue weighted by molar-refractivity contribution is 5.79. The Morgan fingerprint density at radius 3 is 2.46 bits per heavy atom. The first kappa shape index (κ1) is 22.3. The molecule has 2 N–H and O–H groups in total. The van der Waals surface area contributed by atoms with E-state index in [4.69, 9.17) is 14.5 Å². The van der Waals surface area contributed by atoms with Crippen LogP contribution in [0.2, 0.25) is 0 Å². The standard InChI is InChI=1S/C21H37N5O2/c1-6-22-21(24-16-17(2)26-13-11-25(3)12-14-26)23-10-9-18-7-8-19(27-4)20(15-18)28-5/h7-8,15,17H,6,9-14,16H2,1-5H3,(H2,22,23,24). The lowest BCUT2D eigenvalue weighted by molar-refractivity contribution is 0.122. The van der Waals surface area contributed by atoms with Crippen LogP contribution < -0.4 is 20.1 Å². The number of ether oxygens (including phenoxy) is 2. The Balaban J connectivity index is 1.84. The molecule has 0 aromatic heterocycles. The zero-order valence-corrected chi connectivity index (χ0v) is 18.1. The average molecular weight is 392 g/mol. The molecule has 1 aliphatic heterocycles. The maximum Gasteiger partial charge on any atom is 0.191 e. The number of benzene rings is 1. The normalized spacial score (nSPS) is 17.2. The number of nitrogens with one attached hydrogen (secondary N) is 2. The van der Waals surface area contributed by atoms with Crippen molar-refractivity contribution in [3.05, 3.63) is 23.8 Å². The number of hydrogen-bond donors (Lipinski definition) is 2. The summed E-state index contributed by atoms with van der Waals surface area (Å²) in [5.41, 5.74) is 1.20. The molecule has 1 aromatic carbocycles. The van der Waals surface area contributed by atoms with Gasteiger partial charge in [0.1, 0.15) is 0 Å². The summed E-state index contributed by atoms with van der Waals surface area (Å²) < 4.78 is 10.7. The molecule has 0 aliphatic carbocycles. The molecule has 0 spiro atoms. The molecular weight excluding hydrogens is 354 g/mol. The van der Waals surface area contributed by atoms with Crippen molar-refractivity contribution >= 4 is 5.96 Å². The second-order valence-electron chi connectivity index (χ2n) is 7.27. The molecule has 0 radical (unpaired) electrons. The molecule has 1 atom stereocenters. The van der Waals surface area contributed by atoms with E-state index in [1.807, 2.05) is 12.1 Å². The number of likely N-dealkylation sites (N-methyl/N-ethyl adjacent to an activating group) is 1. The number of nitrogens with zero attached hydrogens (tertiary/aromatic N) is 3. The molecule has 7 nitrogen and oxygen atoms in total. The number of piperazine rings is 1. The molecule has 0 amide bonds. The summed E-state index contributed by atoms with van der Waals surface area (Å²) in [5.74, 6) is 2.40. The second kappa shape index (κ2) is 11.8. The molecule has 158 valence electrons. The van der Waals surface area contributed by atoms with E-state index in [1.54, 1.807) is 14.2 Å². The van der Waals surface area contributed by atoms with Gasteiger partial charge in [-0.15, -0.1) is 0 Å². The topological polar surface area (TPSA) is 61.4 Å². The molecule has 0 saturated carbocycles. The zero-order chi connectivity index (χ0) is 20.4. The van der Waals surface area contributed by atoms with E-state index < -0.39 is 0 Å². The molecule has 0 bridgehead atoms. The van der Waals surface area contributed by atoms with Crippen LogP contribution in [0.25, 0.3) is 0 Å². The third-order valence-corrected chi connectivity index (χ3v) is 5.17. The van der Waals surface area contributed by atoms with Gasteiger partial charge in [-0.25, -0.2) is 0 Å². The SMILES string of the molecule is CCNC(=NCC(C)N1CCN(C)CC1)NCCc1ccc(OC)c(OC)c1. The van der Waals surface area contributed by atoms with Crippen LogP contribution >= 0.6 is 0 Å². The van der Waals surface area contributed by atoms with Gasteiger partial charge in [-0.3, -0.25) is 9.89 Å². The van der Waals surface area contributed by atoms with Crippen molar-refractivity contribution in [3.8, 4) is 11.5 Å². The van der Waals surface area contributed by atoms with Gasteiger partial charge in [0.05, 0.1) is 20.8 Å². The Morgan fingerprint density at radius 2 is 1.82 bits per heavy atom. The lowest BCUT2D eigenvalue weighted by Crippen LogP contribution is -2.49. The molecule has 1 unspecified atom stereocenters. The highest BCUT2D eigenvalue weighted by Crippen LogP contribution is 2.27. The van der Waals surface area contributed by atoms with Crippen LogP contribution in [0.1, 0.15) is 19.4 Å². The van der Waals surface area contributed by atoms with Crippen LogP contribution in [0.5, 0.6) is 11.5 Å². The first-order chi connectivity index (χ1) is 13.6. The van der Waals surface area contributed by atoms with Crippen LogP contribution in [0.3, 0.4) is 0 Å². The molecule has 1 heterocycles. The second-order valence-corrected chi connectivity index (χ2v) is 7.27. The Morgan fingerprint density at radius 1 is 1.11 bits per heavy atom. The molecule has 28 heavy (non-hydrogen) atoms. The minimum atomic E-state index is 0.454. The average Bonchev–Trinajstić information content (AvgIpc) is 2.72. The van der Waals surface area contributed by atoms with Gasteiger partial charge in [-0.05, 0) is 45.0 Å². The van der Waals surface area contributed by atoms with E-state index in [0.29, 0.717) is 6.04 Å². The van der Waals surface area contributed by atoms with Crippen LogP contribution in [-0.4, -0.2) is 88.9 Å². The predicted octanol–water partition coefficient (Wildman–Crippen LogP) is 1.44. The first-order valence-corrected chi connectivity index (χ1v) is 10.2. The van der Waals surface area contributed by atoms with Gasteiger partial charge in [-0.2, -0.15) is 0 Å². The number of hydrogen-bond acceptors (Lipinski definition) is 5. The van der Waals surface area contributed by atoms with E-state index in [0.717, 1.165) is 69.7 Å². The smallest absolute Gasteiger partial charge is 0.191 e. The molecule has 1 saturated heterocycles. The van der Waals surface area contributed by atoms with E-state index in [9.17, 15) is 0 Å². The summed E-state index contributed by atoms with van der Waals surface area (Å²) in [5, 5.41) is 6.78. The summed E-state index contributed by atoms with van der Waals surface area (Å²) in [6, 6.07) is 6.50. The molecule has 1 fully saturated rings. The molecule has 2 rings (SSSR count). The third kappa shape index (κ3) is 6.87. The highest BCUT2D eigenvalue weighted by Gasteiger charge is 2.18. The van der Waals surface area contributed by atoms with Crippen LogP contribution in [0.4, 0.5) is 0 Å². The van der Waals surface area contributed by atoms with E-state index in [-0.39, 0.29) is 0 Å². The number of rotatable bonds is 9. The van der Waals surface area contributed by atoms with Gasteiger partial charge in [0.25, 0.3) is 0 Å². The molecule has 1 aromatic rings. The minimum Gasteiger partial charge on any atom is -0.493 e. The van der Waals surface area contributed by atoms with E-state index >= 15 is 0 Å². The fraction of sp³-hybridized carbons (Fsp3) is 0.667. The number of guanidine groups is 1. The van der Waals surface area contributed by atoms with Crippen LogP contribution in [0.15, 0.2) is 23.2 Å². The molecule has 1 aliphatic rings. The maximum absolute atomic E-state index is 5.38. The quantitative estimate of drug-likeness (QED) is 0.491. The highest BCUT2D eigenvalue weighted by atomic mass is 16.5. The predicted molar refractivity (Wildman–Crippen MR) is 116 cm³/mol. The Bertz CT molecular complexity index is 615. The summed E-state index contributed by atoms with van der Waals surface area (Å²) in [6.45, 7) is 11.3. The van der Waals surface area contributed by atoms with Crippen molar-refractivity contribution < 1.29 is 9.47 Å². The van der Waals surface area contributed by atoms with Crippen molar-refractivity contribution in [1.29, 1.82) is 0 Å². The maximum atomic E-state index is 5.38. The van der Waals surface area contributed by atoms with Gasteiger partial charge >= 0.3 is 0 Å². The van der Waals surface area contributed by atoms with Crippen molar-refractivity contribution in [2.24, 2.45) is 4.99 Å². The van der Waals surface area contributed by atoms with Crippen LogP contribution in [0, 0.1) is 0 Å². The summed E-state index contributed by atoms with van der Waals surface area (Å²) in [7, 11) is 5.50. The van der Waals surface area contributed by atoms with Crippen LogP contribution in [-0.2, 0) is 6.42 Å². The Hall–Kier alpha value is -1.99. The van der Waals surface area contributed by atoms with Gasteiger partial charge in [0, 0.05) is 45.3 Å².